The Kier molecular flexibility index (Phi) is 4.24. The highest BCUT2D eigenvalue weighted by Crippen LogP contribution is 2.33. The number of pyridine rings is 1. The predicted molar refractivity (Wildman–Crippen MR) is 64.7 cm³/mol. The number of alkyl halides is 3. The molecule has 110 valence electrons. The van der Waals surface area contributed by atoms with Crippen LogP contribution in [0.15, 0.2) is 29.5 Å². The molecule has 0 aliphatic carbocycles. The number of halogens is 3. The molecule has 0 spiro atoms. The van der Waals surface area contributed by atoms with Crippen molar-refractivity contribution in [3.8, 4) is 0 Å². The molecule has 1 aromatic rings. The molecule has 1 aliphatic rings. The Bertz CT molecular complexity index is 479. The Labute approximate surface area is 114 Å². The Morgan fingerprint density at radius 2 is 2.25 bits per heavy atom. The van der Waals surface area contributed by atoms with Crippen molar-refractivity contribution in [2.75, 3.05) is 13.7 Å². The summed E-state index contributed by atoms with van der Waals surface area (Å²) in [7, 11) is 1.48. The van der Waals surface area contributed by atoms with E-state index in [1.807, 2.05) is 0 Å². The molecule has 2 atom stereocenters. The monoisotopic (exact) mass is 289 g/mol. The minimum atomic E-state index is -4.62. The molecule has 0 saturated carbocycles. The predicted octanol–water partition coefficient (Wildman–Crippen LogP) is 2.32. The fourth-order valence-electron chi connectivity index (χ4n) is 1.72. The number of methoxy groups -OCH3 is 1. The van der Waals surface area contributed by atoms with E-state index in [-0.39, 0.29) is 12.6 Å². The fourth-order valence-corrected chi connectivity index (χ4v) is 1.72. The van der Waals surface area contributed by atoms with Crippen molar-refractivity contribution >= 4 is 5.90 Å². The van der Waals surface area contributed by atoms with Crippen LogP contribution in [0.3, 0.4) is 0 Å². The first-order valence-corrected chi connectivity index (χ1v) is 5.94. The smallest absolute Gasteiger partial charge is 0.380 e. The fraction of sp³-hybridized carbons (Fsp3) is 0.500. The van der Waals surface area contributed by atoms with Gasteiger partial charge in [-0.05, 0) is 13.0 Å². The quantitative estimate of drug-likeness (QED) is 0.853. The van der Waals surface area contributed by atoms with Gasteiger partial charge in [0.15, 0.2) is 6.17 Å². The van der Waals surface area contributed by atoms with Crippen LogP contribution in [0, 0.1) is 0 Å². The highest BCUT2D eigenvalue weighted by molar-refractivity contribution is 5.82. The second kappa shape index (κ2) is 5.76. The molecule has 1 aromatic heterocycles. The molecule has 5 nitrogen and oxygen atoms in total. The van der Waals surface area contributed by atoms with Crippen molar-refractivity contribution in [3.05, 3.63) is 30.1 Å². The molecule has 0 aromatic carbocycles. The molecule has 2 heterocycles. The summed E-state index contributed by atoms with van der Waals surface area (Å²) in [6.07, 6.45) is -2.79. The molecule has 1 aliphatic heterocycles. The van der Waals surface area contributed by atoms with Crippen LogP contribution >= 0.6 is 0 Å². The Hall–Kier alpha value is -1.67. The minimum absolute atomic E-state index is 0.152. The van der Waals surface area contributed by atoms with E-state index >= 15 is 0 Å². The maximum absolute atomic E-state index is 12.7. The molecule has 0 bridgehead atoms. The molecule has 20 heavy (non-hydrogen) atoms. The SMILES string of the molecule is COC(C)CN1OC(C(F)(F)F)=N[C@@H]1c1cccnc1. The molecule has 0 saturated heterocycles. The second-order valence-corrected chi connectivity index (χ2v) is 4.33. The van der Waals surface area contributed by atoms with Gasteiger partial charge in [0, 0.05) is 25.1 Å². The van der Waals surface area contributed by atoms with E-state index in [0.717, 1.165) is 5.06 Å². The molecule has 0 amide bonds. The van der Waals surface area contributed by atoms with E-state index in [1.165, 1.54) is 19.5 Å². The van der Waals surface area contributed by atoms with E-state index in [4.69, 9.17) is 9.57 Å². The molecular weight excluding hydrogens is 275 g/mol. The number of aliphatic imine (C=N–C) groups is 1. The van der Waals surface area contributed by atoms with Gasteiger partial charge in [0.25, 0.3) is 0 Å². The average Bonchev–Trinajstić information content (AvgIpc) is 2.83. The standard InChI is InChI=1S/C12H14F3N3O2/c1-8(19-2)7-18-10(9-4-3-5-16-6-9)17-11(20-18)12(13,14)15/h3-6,8,10H,7H2,1-2H3/t8?,10-/m0/s1. The summed E-state index contributed by atoms with van der Waals surface area (Å²) in [5.41, 5.74) is 0.523. The first-order valence-electron chi connectivity index (χ1n) is 5.94. The van der Waals surface area contributed by atoms with E-state index in [9.17, 15) is 13.2 Å². The lowest BCUT2D eigenvalue weighted by molar-refractivity contribution is -0.146. The van der Waals surface area contributed by atoms with Gasteiger partial charge in [-0.25, -0.2) is 4.99 Å². The maximum atomic E-state index is 12.7. The second-order valence-electron chi connectivity index (χ2n) is 4.33. The van der Waals surface area contributed by atoms with Gasteiger partial charge in [-0.1, -0.05) is 6.07 Å². The number of rotatable bonds is 4. The van der Waals surface area contributed by atoms with Crippen molar-refractivity contribution < 1.29 is 22.7 Å². The number of hydrogen-bond donors (Lipinski definition) is 0. The molecule has 0 radical (unpaired) electrons. The number of hydrogen-bond acceptors (Lipinski definition) is 5. The van der Waals surface area contributed by atoms with Crippen LogP contribution in [0.5, 0.6) is 0 Å². The molecule has 8 heteroatoms. The molecular formula is C12H14F3N3O2. The number of nitrogens with zero attached hydrogens (tertiary/aromatic N) is 3. The Morgan fingerprint density at radius 3 is 2.80 bits per heavy atom. The zero-order valence-corrected chi connectivity index (χ0v) is 11.0. The van der Waals surface area contributed by atoms with Gasteiger partial charge in [-0.15, -0.1) is 5.06 Å². The van der Waals surface area contributed by atoms with Crippen LogP contribution in [-0.2, 0) is 9.57 Å². The van der Waals surface area contributed by atoms with E-state index in [0.29, 0.717) is 5.56 Å². The zero-order chi connectivity index (χ0) is 14.8. The normalized spacial score (nSPS) is 21.4. The van der Waals surface area contributed by atoms with Crippen molar-refractivity contribution in [2.24, 2.45) is 4.99 Å². The number of aromatic nitrogens is 1. The van der Waals surface area contributed by atoms with E-state index in [2.05, 4.69) is 9.98 Å². The van der Waals surface area contributed by atoms with Gasteiger partial charge in [-0.3, -0.25) is 4.98 Å². The lowest BCUT2D eigenvalue weighted by Gasteiger charge is -2.23. The van der Waals surface area contributed by atoms with Crippen molar-refractivity contribution in [3.63, 3.8) is 0 Å². The largest absolute Gasteiger partial charge is 0.470 e. The summed E-state index contributed by atoms with van der Waals surface area (Å²) < 4.78 is 43.2. The van der Waals surface area contributed by atoms with Crippen LogP contribution in [-0.4, -0.2) is 41.9 Å². The van der Waals surface area contributed by atoms with Crippen molar-refractivity contribution in [1.29, 1.82) is 0 Å². The van der Waals surface area contributed by atoms with Crippen LogP contribution in [0.1, 0.15) is 18.7 Å². The summed E-state index contributed by atoms with van der Waals surface area (Å²) >= 11 is 0. The topological polar surface area (TPSA) is 47.0 Å². The van der Waals surface area contributed by atoms with Crippen molar-refractivity contribution in [1.82, 2.24) is 10.0 Å². The maximum Gasteiger partial charge on any atom is 0.470 e. The summed E-state index contributed by atoms with van der Waals surface area (Å²) in [6, 6.07) is 3.28. The van der Waals surface area contributed by atoms with Crippen LogP contribution < -0.4 is 0 Å². The number of ether oxygens (including phenoxy) is 1. The summed E-state index contributed by atoms with van der Waals surface area (Å²) in [5.74, 6) is -1.25. The minimum Gasteiger partial charge on any atom is -0.380 e. The van der Waals surface area contributed by atoms with Crippen LogP contribution in [0.25, 0.3) is 0 Å². The first kappa shape index (κ1) is 14.7. The van der Waals surface area contributed by atoms with E-state index < -0.39 is 18.2 Å². The third-order valence-corrected chi connectivity index (χ3v) is 2.78. The number of hydroxylamine groups is 2. The lowest BCUT2D eigenvalue weighted by atomic mass is 10.2. The third-order valence-electron chi connectivity index (χ3n) is 2.78. The van der Waals surface area contributed by atoms with Crippen molar-refractivity contribution in [2.45, 2.75) is 25.4 Å². The lowest BCUT2D eigenvalue weighted by Crippen LogP contribution is -2.34. The Morgan fingerprint density at radius 1 is 1.50 bits per heavy atom. The highest BCUT2D eigenvalue weighted by Gasteiger charge is 2.46. The van der Waals surface area contributed by atoms with Gasteiger partial charge in [0.05, 0.1) is 12.6 Å². The Balaban J connectivity index is 2.24. The average molecular weight is 289 g/mol. The molecule has 0 N–H and O–H groups in total. The van der Waals surface area contributed by atoms with Gasteiger partial charge < -0.3 is 9.57 Å². The summed E-state index contributed by atoms with van der Waals surface area (Å²) in [5, 5.41) is 1.15. The third kappa shape index (κ3) is 3.26. The molecule has 2 rings (SSSR count). The van der Waals surface area contributed by atoms with Gasteiger partial charge in [-0.2, -0.15) is 13.2 Å². The zero-order valence-electron chi connectivity index (χ0n) is 11.0. The van der Waals surface area contributed by atoms with Gasteiger partial charge >= 0.3 is 12.1 Å². The summed E-state index contributed by atoms with van der Waals surface area (Å²) in [6.45, 7) is 1.88. The van der Waals surface area contributed by atoms with Gasteiger partial charge in [0.1, 0.15) is 0 Å². The first-order chi connectivity index (χ1) is 9.41. The van der Waals surface area contributed by atoms with E-state index in [1.54, 1.807) is 19.1 Å². The molecule has 1 unspecified atom stereocenters. The van der Waals surface area contributed by atoms with Gasteiger partial charge in [0.2, 0.25) is 0 Å². The van der Waals surface area contributed by atoms with Crippen LogP contribution in [0.2, 0.25) is 0 Å². The highest BCUT2D eigenvalue weighted by atomic mass is 19.4. The summed E-state index contributed by atoms with van der Waals surface area (Å²) in [4.78, 5) is 12.3. The molecule has 0 fully saturated rings. The van der Waals surface area contributed by atoms with Crippen LogP contribution in [0.4, 0.5) is 13.2 Å².